The number of carboxylic acid groups (broad SMARTS) is 1. The van der Waals surface area contributed by atoms with Crippen molar-refractivity contribution in [1.29, 1.82) is 0 Å². The first-order valence-corrected chi connectivity index (χ1v) is 6.80. The topological polar surface area (TPSA) is 57.6 Å². The van der Waals surface area contributed by atoms with Gasteiger partial charge in [0.2, 0.25) is 5.91 Å². The van der Waals surface area contributed by atoms with Crippen LogP contribution in [0.5, 0.6) is 0 Å². The van der Waals surface area contributed by atoms with Crippen molar-refractivity contribution in [2.24, 2.45) is 11.8 Å². The molecule has 1 aliphatic carbocycles. The van der Waals surface area contributed by atoms with Gasteiger partial charge in [-0.2, -0.15) is 0 Å². The number of aliphatic carboxylic acids is 1. The molecule has 114 valence electrons. The molecule has 2 rings (SSSR count). The smallest absolute Gasteiger partial charge is 0.306 e. The maximum atomic E-state index is 13.6. The van der Waals surface area contributed by atoms with Crippen LogP contribution >= 0.6 is 0 Å². The zero-order valence-corrected chi connectivity index (χ0v) is 11.7. The Hall–Kier alpha value is -1.98. The number of carbonyl (C=O) groups is 2. The van der Waals surface area contributed by atoms with Crippen LogP contribution in [0.25, 0.3) is 0 Å². The molecule has 1 fully saturated rings. The number of carbonyl (C=O) groups excluding carboxylic acids is 1. The van der Waals surface area contributed by atoms with Gasteiger partial charge in [0.05, 0.1) is 5.92 Å². The molecule has 0 aromatic heterocycles. The molecular weight excluding hydrogens is 280 g/mol. The molecule has 1 aliphatic rings. The fourth-order valence-electron chi connectivity index (χ4n) is 2.73. The predicted molar refractivity (Wildman–Crippen MR) is 71.3 cm³/mol. The van der Waals surface area contributed by atoms with Crippen LogP contribution in [0.2, 0.25) is 0 Å². The van der Waals surface area contributed by atoms with Crippen molar-refractivity contribution in [2.45, 2.75) is 25.8 Å². The van der Waals surface area contributed by atoms with E-state index >= 15 is 0 Å². The summed E-state index contributed by atoms with van der Waals surface area (Å²) in [6, 6.07) is 3.24. The van der Waals surface area contributed by atoms with Crippen molar-refractivity contribution in [2.75, 3.05) is 7.05 Å². The van der Waals surface area contributed by atoms with Crippen LogP contribution in [-0.2, 0) is 16.1 Å². The Morgan fingerprint density at radius 2 is 1.95 bits per heavy atom. The number of hydrogen-bond acceptors (Lipinski definition) is 2. The second kappa shape index (κ2) is 6.20. The second-order valence-corrected chi connectivity index (χ2v) is 5.48. The number of rotatable bonds is 4. The number of nitrogens with zero attached hydrogens (tertiary/aromatic N) is 1. The highest BCUT2D eigenvalue weighted by molar-refractivity contribution is 5.80. The standard InChI is InChI=1S/C15H17F2NO3/c1-18(8-11-4-5-12(16)7-13(11)17)14(19)9-2-3-10(6-9)15(20)21/h4-5,7,9-10H,2-3,6,8H2,1H3,(H,20,21). The molecule has 2 unspecified atom stereocenters. The van der Waals surface area contributed by atoms with E-state index in [0.717, 1.165) is 12.1 Å². The molecule has 1 aromatic carbocycles. The van der Waals surface area contributed by atoms with Crippen LogP contribution in [0.4, 0.5) is 8.78 Å². The third-order valence-corrected chi connectivity index (χ3v) is 3.93. The van der Waals surface area contributed by atoms with Crippen molar-refractivity contribution in [3.8, 4) is 0 Å². The summed E-state index contributed by atoms with van der Waals surface area (Å²) in [5.41, 5.74) is 0.236. The van der Waals surface area contributed by atoms with Crippen molar-refractivity contribution in [3.63, 3.8) is 0 Å². The van der Waals surface area contributed by atoms with Gasteiger partial charge in [-0.3, -0.25) is 9.59 Å². The van der Waals surface area contributed by atoms with Gasteiger partial charge in [0, 0.05) is 31.1 Å². The fraction of sp³-hybridized carbons (Fsp3) is 0.467. The maximum Gasteiger partial charge on any atom is 0.306 e. The van der Waals surface area contributed by atoms with E-state index in [0.29, 0.717) is 19.3 Å². The largest absolute Gasteiger partial charge is 0.481 e. The van der Waals surface area contributed by atoms with E-state index in [2.05, 4.69) is 0 Å². The summed E-state index contributed by atoms with van der Waals surface area (Å²) in [6.07, 6.45) is 1.35. The quantitative estimate of drug-likeness (QED) is 0.928. The summed E-state index contributed by atoms with van der Waals surface area (Å²) in [7, 11) is 1.54. The molecule has 0 heterocycles. The highest BCUT2D eigenvalue weighted by Gasteiger charge is 2.35. The summed E-state index contributed by atoms with van der Waals surface area (Å²) >= 11 is 0. The van der Waals surface area contributed by atoms with Gasteiger partial charge in [0.15, 0.2) is 0 Å². The highest BCUT2D eigenvalue weighted by Crippen LogP contribution is 2.32. The number of hydrogen-bond donors (Lipinski definition) is 1. The van der Waals surface area contributed by atoms with Gasteiger partial charge in [0.25, 0.3) is 0 Å². The van der Waals surface area contributed by atoms with Crippen LogP contribution < -0.4 is 0 Å². The summed E-state index contributed by atoms with van der Waals surface area (Å²) in [4.78, 5) is 24.5. The molecule has 0 bridgehead atoms. The SMILES string of the molecule is CN(Cc1ccc(F)cc1F)C(=O)C1CCC(C(=O)O)C1. The summed E-state index contributed by atoms with van der Waals surface area (Å²) < 4.78 is 26.4. The lowest BCUT2D eigenvalue weighted by molar-refractivity contribution is -0.141. The minimum Gasteiger partial charge on any atom is -0.481 e. The molecule has 0 spiro atoms. The van der Waals surface area contributed by atoms with Crippen LogP contribution in [0.1, 0.15) is 24.8 Å². The molecule has 0 aliphatic heterocycles. The first-order chi connectivity index (χ1) is 9.88. The van der Waals surface area contributed by atoms with Crippen LogP contribution in [0.3, 0.4) is 0 Å². The van der Waals surface area contributed by atoms with E-state index in [-0.39, 0.29) is 23.9 Å². The molecule has 6 heteroatoms. The van der Waals surface area contributed by atoms with E-state index < -0.39 is 23.5 Å². The molecular formula is C15H17F2NO3. The number of benzene rings is 1. The van der Waals surface area contributed by atoms with Crippen molar-refractivity contribution >= 4 is 11.9 Å². The van der Waals surface area contributed by atoms with E-state index in [4.69, 9.17) is 5.11 Å². The van der Waals surface area contributed by atoms with Crippen LogP contribution in [0, 0.1) is 23.5 Å². The lowest BCUT2D eigenvalue weighted by Gasteiger charge is -2.21. The predicted octanol–water partition coefficient (Wildman–Crippen LogP) is 2.42. The van der Waals surface area contributed by atoms with Gasteiger partial charge in [0.1, 0.15) is 11.6 Å². The van der Waals surface area contributed by atoms with E-state index in [1.54, 1.807) is 7.05 Å². The van der Waals surface area contributed by atoms with Crippen LogP contribution in [-0.4, -0.2) is 28.9 Å². The molecule has 1 saturated carbocycles. The Morgan fingerprint density at radius 1 is 1.29 bits per heavy atom. The van der Waals surface area contributed by atoms with E-state index in [1.165, 1.54) is 11.0 Å². The third-order valence-electron chi connectivity index (χ3n) is 3.93. The Balaban J connectivity index is 1.98. The van der Waals surface area contributed by atoms with Crippen molar-refractivity contribution in [1.82, 2.24) is 4.90 Å². The summed E-state index contributed by atoms with van der Waals surface area (Å²) in [5.74, 6) is -3.23. The molecule has 21 heavy (non-hydrogen) atoms. The van der Waals surface area contributed by atoms with Gasteiger partial charge in [-0.05, 0) is 25.3 Å². The lowest BCUT2D eigenvalue weighted by Crippen LogP contribution is -2.32. The molecule has 1 N–H and O–H groups in total. The highest BCUT2D eigenvalue weighted by atomic mass is 19.1. The van der Waals surface area contributed by atoms with E-state index in [1.807, 2.05) is 0 Å². The first kappa shape index (κ1) is 15.4. The molecule has 1 amide bonds. The van der Waals surface area contributed by atoms with Gasteiger partial charge in [-0.1, -0.05) is 6.07 Å². The fourth-order valence-corrected chi connectivity index (χ4v) is 2.73. The molecule has 4 nitrogen and oxygen atoms in total. The first-order valence-electron chi connectivity index (χ1n) is 6.80. The van der Waals surface area contributed by atoms with Gasteiger partial charge in [-0.25, -0.2) is 8.78 Å². The molecule has 1 aromatic rings. The summed E-state index contributed by atoms with van der Waals surface area (Å²) in [5, 5.41) is 8.94. The molecule has 0 saturated heterocycles. The van der Waals surface area contributed by atoms with Gasteiger partial charge < -0.3 is 10.0 Å². The van der Waals surface area contributed by atoms with E-state index in [9.17, 15) is 18.4 Å². The minimum atomic E-state index is -0.877. The average molecular weight is 297 g/mol. The van der Waals surface area contributed by atoms with Crippen LogP contribution in [0.15, 0.2) is 18.2 Å². The average Bonchev–Trinajstić information content (AvgIpc) is 2.90. The number of carboxylic acids is 1. The normalized spacial score (nSPS) is 21.3. The second-order valence-electron chi connectivity index (χ2n) is 5.48. The maximum absolute atomic E-state index is 13.6. The summed E-state index contributed by atoms with van der Waals surface area (Å²) in [6.45, 7) is 0.0409. The molecule has 2 atom stereocenters. The van der Waals surface area contributed by atoms with Gasteiger partial charge in [-0.15, -0.1) is 0 Å². The Bertz CT molecular complexity index is 562. The number of amides is 1. The minimum absolute atomic E-state index is 0.0409. The lowest BCUT2D eigenvalue weighted by atomic mass is 10.0. The van der Waals surface area contributed by atoms with Crippen molar-refractivity contribution < 1.29 is 23.5 Å². The monoisotopic (exact) mass is 297 g/mol. The zero-order valence-electron chi connectivity index (χ0n) is 11.7. The zero-order chi connectivity index (χ0) is 15.6. The Morgan fingerprint density at radius 3 is 2.52 bits per heavy atom. The molecule has 0 radical (unpaired) electrons. The number of halogens is 2. The Labute approximate surface area is 121 Å². The van der Waals surface area contributed by atoms with Crippen molar-refractivity contribution in [3.05, 3.63) is 35.4 Å². The Kier molecular flexibility index (Phi) is 4.55. The third kappa shape index (κ3) is 3.56. The van der Waals surface area contributed by atoms with Gasteiger partial charge >= 0.3 is 5.97 Å².